The molecule has 0 radical (unpaired) electrons. The van der Waals surface area contributed by atoms with Gasteiger partial charge < -0.3 is 15.7 Å². The summed E-state index contributed by atoms with van der Waals surface area (Å²) in [7, 11) is 0. The summed E-state index contributed by atoms with van der Waals surface area (Å²) in [4.78, 5) is 0. The van der Waals surface area contributed by atoms with E-state index in [1.807, 2.05) is 0 Å². The molecule has 1 aliphatic heterocycles. The van der Waals surface area contributed by atoms with E-state index in [1.165, 1.54) is 57.9 Å². The van der Waals surface area contributed by atoms with Gasteiger partial charge >= 0.3 is 0 Å². The van der Waals surface area contributed by atoms with Gasteiger partial charge in [-0.1, -0.05) is 32.6 Å². The fourth-order valence-corrected chi connectivity index (χ4v) is 4.09. The van der Waals surface area contributed by atoms with Crippen LogP contribution in [0.15, 0.2) is 0 Å². The van der Waals surface area contributed by atoms with E-state index in [4.69, 9.17) is 5.11 Å². The maximum atomic E-state index is 9.12. The first kappa shape index (κ1) is 16.3. The molecule has 2 aliphatic rings. The lowest BCUT2D eigenvalue weighted by Gasteiger charge is -2.40. The smallest absolute Gasteiger partial charge is 0.0434 e. The molecule has 0 aromatic rings. The van der Waals surface area contributed by atoms with Gasteiger partial charge in [-0.3, -0.25) is 0 Å². The van der Waals surface area contributed by atoms with Crippen LogP contribution >= 0.6 is 0 Å². The normalized spacial score (nSPS) is 33.0. The van der Waals surface area contributed by atoms with Crippen molar-refractivity contribution < 1.29 is 5.11 Å². The molecule has 0 aromatic heterocycles. The van der Waals surface area contributed by atoms with Crippen LogP contribution in [-0.4, -0.2) is 36.9 Å². The van der Waals surface area contributed by atoms with Crippen LogP contribution in [0.25, 0.3) is 0 Å². The van der Waals surface area contributed by atoms with E-state index >= 15 is 0 Å². The molecule has 1 saturated heterocycles. The monoisotopic (exact) mass is 282 g/mol. The lowest BCUT2D eigenvalue weighted by atomic mass is 9.77. The molecule has 1 saturated carbocycles. The molecule has 0 bridgehead atoms. The van der Waals surface area contributed by atoms with Crippen LogP contribution in [-0.2, 0) is 0 Å². The van der Waals surface area contributed by atoms with Crippen molar-refractivity contribution >= 4 is 0 Å². The summed E-state index contributed by atoms with van der Waals surface area (Å²) in [5.41, 5.74) is 0. The van der Waals surface area contributed by atoms with Gasteiger partial charge in [0.25, 0.3) is 0 Å². The quantitative estimate of drug-likeness (QED) is 0.673. The molecule has 0 amide bonds. The molecule has 3 nitrogen and oxygen atoms in total. The second-order valence-electron chi connectivity index (χ2n) is 6.81. The van der Waals surface area contributed by atoms with E-state index in [0.717, 1.165) is 24.9 Å². The number of hydrogen-bond donors (Lipinski definition) is 3. The zero-order valence-electron chi connectivity index (χ0n) is 13.2. The molecule has 2 rings (SSSR count). The lowest BCUT2D eigenvalue weighted by molar-refractivity contribution is 0.172. The Morgan fingerprint density at radius 2 is 1.95 bits per heavy atom. The predicted molar refractivity (Wildman–Crippen MR) is 84.9 cm³/mol. The number of hydrogen-bond acceptors (Lipinski definition) is 3. The maximum Gasteiger partial charge on any atom is 0.0434 e. The molecule has 20 heavy (non-hydrogen) atoms. The van der Waals surface area contributed by atoms with Crippen molar-refractivity contribution in [3.8, 4) is 0 Å². The SMILES string of the molecule is CCC(CCO)CNC1CCCCC1C1CCCCN1. The van der Waals surface area contributed by atoms with E-state index in [2.05, 4.69) is 17.6 Å². The van der Waals surface area contributed by atoms with Crippen molar-refractivity contribution in [1.29, 1.82) is 0 Å². The maximum absolute atomic E-state index is 9.12. The Labute approximate surface area is 124 Å². The van der Waals surface area contributed by atoms with Crippen molar-refractivity contribution in [3.05, 3.63) is 0 Å². The minimum atomic E-state index is 0.332. The zero-order valence-corrected chi connectivity index (χ0v) is 13.2. The second-order valence-corrected chi connectivity index (χ2v) is 6.81. The van der Waals surface area contributed by atoms with Crippen molar-refractivity contribution in [2.75, 3.05) is 19.7 Å². The molecule has 118 valence electrons. The van der Waals surface area contributed by atoms with Crippen molar-refractivity contribution in [1.82, 2.24) is 10.6 Å². The fraction of sp³-hybridized carbons (Fsp3) is 1.00. The summed E-state index contributed by atoms with van der Waals surface area (Å²) in [6.07, 6.45) is 11.8. The third kappa shape index (κ3) is 4.71. The van der Waals surface area contributed by atoms with Crippen LogP contribution in [0.3, 0.4) is 0 Å². The molecule has 3 N–H and O–H groups in total. The lowest BCUT2D eigenvalue weighted by Crippen LogP contribution is -2.51. The Balaban J connectivity index is 1.82. The van der Waals surface area contributed by atoms with Gasteiger partial charge in [-0.15, -0.1) is 0 Å². The van der Waals surface area contributed by atoms with Crippen molar-refractivity contribution in [3.63, 3.8) is 0 Å². The third-order valence-electron chi connectivity index (χ3n) is 5.47. The number of piperidine rings is 1. The van der Waals surface area contributed by atoms with E-state index < -0.39 is 0 Å². The zero-order chi connectivity index (χ0) is 14.2. The van der Waals surface area contributed by atoms with E-state index in [-0.39, 0.29) is 0 Å². The topological polar surface area (TPSA) is 44.3 Å². The van der Waals surface area contributed by atoms with Crippen molar-refractivity contribution in [2.45, 2.75) is 76.8 Å². The summed E-state index contributed by atoms with van der Waals surface area (Å²) in [5, 5.41) is 16.7. The first-order valence-electron chi connectivity index (χ1n) is 8.92. The minimum Gasteiger partial charge on any atom is -0.396 e. The number of rotatable bonds is 7. The highest BCUT2D eigenvalue weighted by atomic mass is 16.3. The fourth-order valence-electron chi connectivity index (χ4n) is 4.09. The average molecular weight is 282 g/mol. The number of aliphatic hydroxyl groups excluding tert-OH is 1. The van der Waals surface area contributed by atoms with Gasteiger partial charge in [0.15, 0.2) is 0 Å². The molecular weight excluding hydrogens is 248 g/mol. The third-order valence-corrected chi connectivity index (χ3v) is 5.47. The van der Waals surface area contributed by atoms with Crippen LogP contribution in [0.2, 0.25) is 0 Å². The Kier molecular flexibility index (Phi) is 7.32. The molecule has 0 spiro atoms. The van der Waals surface area contributed by atoms with Crippen LogP contribution < -0.4 is 10.6 Å². The molecule has 2 fully saturated rings. The predicted octanol–water partition coefficient (Wildman–Crippen LogP) is 2.69. The highest BCUT2D eigenvalue weighted by Crippen LogP contribution is 2.30. The summed E-state index contributed by atoms with van der Waals surface area (Å²) < 4.78 is 0. The van der Waals surface area contributed by atoms with Crippen LogP contribution in [0, 0.1) is 11.8 Å². The highest BCUT2D eigenvalue weighted by molar-refractivity contribution is 4.90. The molecule has 4 unspecified atom stereocenters. The summed E-state index contributed by atoms with van der Waals surface area (Å²) in [6, 6.07) is 1.45. The molecule has 1 heterocycles. The molecule has 1 aliphatic carbocycles. The van der Waals surface area contributed by atoms with Gasteiger partial charge in [0.1, 0.15) is 0 Å². The molecular formula is C17H34N2O. The second kappa shape index (κ2) is 9.01. The van der Waals surface area contributed by atoms with E-state index in [1.54, 1.807) is 0 Å². The molecule has 4 atom stereocenters. The first-order chi connectivity index (χ1) is 9.85. The van der Waals surface area contributed by atoms with Gasteiger partial charge in [0.2, 0.25) is 0 Å². The Morgan fingerprint density at radius 1 is 1.15 bits per heavy atom. The van der Waals surface area contributed by atoms with Crippen molar-refractivity contribution in [2.24, 2.45) is 11.8 Å². The van der Waals surface area contributed by atoms with Crippen LogP contribution in [0.4, 0.5) is 0 Å². The standard InChI is InChI=1S/C17H34N2O/c1-2-14(10-12-20)13-19-17-8-4-3-7-15(17)16-9-5-6-11-18-16/h14-20H,2-13H2,1H3. The highest BCUT2D eigenvalue weighted by Gasteiger charge is 2.32. The van der Waals surface area contributed by atoms with E-state index in [0.29, 0.717) is 18.6 Å². The summed E-state index contributed by atoms with van der Waals surface area (Å²) in [5.74, 6) is 1.47. The van der Waals surface area contributed by atoms with Gasteiger partial charge in [-0.25, -0.2) is 0 Å². The Hall–Kier alpha value is -0.120. The van der Waals surface area contributed by atoms with Crippen LogP contribution in [0.5, 0.6) is 0 Å². The Bertz CT molecular complexity index is 253. The van der Waals surface area contributed by atoms with Gasteiger partial charge in [-0.2, -0.15) is 0 Å². The van der Waals surface area contributed by atoms with Gasteiger partial charge in [-0.05, 0) is 57.0 Å². The van der Waals surface area contributed by atoms with Crippen LogP contribution in [0.1, 0.15) is 64.7 Å². The largest absolute Gasteiger partial charge is 0.396 e. The number of nitrogens with one attached hydrogen (secondary N) is 2. The first-order valence-corrected chi connectivity index (χ1v) is 8.92. The molecule has 0 aromatic carbocycles. The average Bonchev–Trinajstić information content (AvgIpc) is 2.52. The molecule has 3 heteroatoms. The summed E-state index contributed by atoms with van der Waals surface area (Å²) in [6.45, 7) is 4.88. The minimum absolute atomic E-state index is 0.332. The van der Waals surface area contributed by atoms with E-state index in [9.17, 15) is 0 Å². The summed E-state index contributed by atoms with van der Waals surface area (Å²) >= 11 is 0. The number of aliphatic hydroxyl groups is 1. The van der Waals surface area contributed by atoms with Gasteiger partial charge in [0.05, 0.1) is 0 Å². The van der Waals surface area contributed by atoms with Gasteiger partial charge in [0, 0.05) is 18.7 Å². The Morgan fingerprint density at radius 3 is 2.65 bits per heavy atom.